The van der Waals surface area contributed by atoms with Crippen LogP contribution in [0.3, 0.4) is 0 Å². The zero-order valence-electron chi connectivity index (χ0n) is 33.9. The molecule has 0 saturated carbocycles. The van der Waals surface area contributed by atoms with Crippen LogP contribution < -0.4 is 4.90 Å². The van der Waals surface area contributed by atoms with Crippen LogP contribution in [-0.2, 0) is 0 Å². The lowest BCUT2D eigenvalue weighted by Crippen LogP contribution is -2.29. The number of aromatic nitrogens is 1. The zero-order chi connectivity index (χ0) is 40.3. The summed E-state index contributed by atoms with van der Waals surface area (Å²) < 4.78 is 2.33. The average molecular weight is 772 g/mol. The molecule has 7 aromatic rings. The minimum absolute atomic E-state index is 0.210. The number of para-hydroxylation sites is 1. The normalized spacial score (nSPS) is 21.6. The quantitative estimate of drug-likeness (QED) is 0.169. The number of nitrogens with zero attached hydrogens (tertiary/aromatic N) is 3. The van der Waals surface area contributed by atoms with Crippen molar-refractivity contribution in [3.63, 3.8) is 0 Å². The highest BCUT2D eigenvalue weighted by molar-refractivity contribution is 6.10. The van der Waals surface area contributed by atoms with Crippen molar-refractivity contribution >= 4 is 38.8 Å². The van der Waals surface area contributed by atoms with Crippen LogP contribution in [0.4, 0.5) is 11.4 Å². The second-order valence-electron chi connectivity index (χ2n) is 16.9. The molecule has 1 aromatic heterocycles. The Kier molecular flexibility index (Phi) is 8.75. The van der Waals surface area contributed by atoms with Crippen molar-refractivity contribution in [3.05, 3.63) is 228 Å². The number of benzene rings is 6. The smallest absolute Gasteiger partial charge is 0.0992 e. The fourth-order valence-electron chi connectivity index (χ4n) is 10.3. The third-order valence-electron chi connectivity index (χ3n) is 13.3. The summed E-state index contributed by atoms with van der Waals surface area (Å²) in [6.45, 7) is 4.68. The first-order valence-corrected chi connectivity index (χ1v) is 21.3. The van der Waals surface area contributed by atoms with E-state index in [9.17, 15) is 5.26 Å². The molecule has 2 heterocycles. The summed E-state index contributed by atoms with van der Waals surface area (Å²) in [6.07, 6.45) is 22.3. The van der Waals surface area contributed by atoms with Gasteiger partial charge in [-0.1, -0.05) is 141 Å². The molecule has 0 radical (unpaired) electrons. The zero-order valence-corrected chi connectivity index (χ0v) is 33.9. The Morgan fingerprint density at radius 1 is 0.617 bits per heavy atom. The molecule has 5 atom stereocenters. The SMILES string of the molecule is CC1CC=CC=C1c1ccc2c(c1)c1cc(C3C=CC(C4=CC5c6cc(-c7ccccc7)ccc6N(c6ccccc6)C5C=C4)=CC3C)ccc1n2-c1cccc(C#N)c1. The van der Waals surface area contributed by atoms with Gasteiger partial charge in [-0.3, -0.25) is 0 Å². The van der Waals surface area contributed by atoms with Gasteiger partial charge in [0.05, 0.1) is 28.7 Å². The Morgan fingerprint density at radius 2 is 1.35 bits per heavy atom. The summed E-state index contributed by atoms with van der Waals surface area (Å²) in [5.74, 6) is 1.24. The number of fused-ring (bicyclic) bond motifs is 6. The monoisotopic (exact) mass is 771 g/mol. The Hall–Kier alpha value is -7.15. The molecule has 11 rings (SSSR count). The Labute approximate surface area is 352 Å². The van der Waals surface area contributed by atoms with E-state index in [0.29, 0.717) is 17.4 Å². The van der Waals surface area contributed by atoms with Crippen LogP contribution in [0, 0.1) is 23.2 Å². The molecular formula is C57H45N3. The minimum atomic E-state index is 0.210. The number of nitriles is 1. The summed E-state index contributed by atoms with van der Waals surface area (Å²) in [5.41, 5.74) is 16.9. The predicted octanol–water partition coefficient (Wildman–Crippen LogP) is 14.3. The van der Waals surface area contributed by atoms with E-state index in [-0.39, 0.29) is 17.9 Å². The minimum Gasteiger partial charge on any atom is -0.333 e. The van der Waals surface area contributed by atoms with Crippen molar-refractivity contribution in [3.8, 4) is 22.9 Å². The fraction of sp³-hybridized carbons (Fsp3) is 0.140. The second kappa shape index (κ2) is 14.6. The van der Waals surface area contributed by atoms with Crippen LogP contribution in [0.5, 0.6) is 0 Å². The lowest BCUT2D eigenvalue weighted by Gasteiger charge is -2.30. The molecule has 0 bridgehead atoms. The highest BCUT2D eigenvalue weighted by Gasteiger charge is 2.39. The van der Waals surface area contributed by atoms with Gasteiger partial charge in [-0.2, -0.15) is 5.26 Å². The lowest BCUT2D eigenvalue weighted by atomic mass is 9.78. The van der Waals surface area contributed by atoms with Gasteiger partial charge in [0.2, 0.25) is 0 Å². The van der Waals surface area contributed by atoms with Gasteiger partial charge in [0.15, 0.2) is 0 Å². The first kappa shape index (κ1) is 36.0. The largest absolute Gasteiger partial charge is 0.333 e. The summed E-state index contributed by atoms with van der Waals surface area (Å²) in [5, 5.41) is 12.3. The third kappa shape index (κ3) is 6.02. The molecule has 0 fully saturated rings. The Balaban J connectivity index is 0.955. The van der Waals surface area contributed by atoms with Gasteiger partial charge in [0.1, 0.15) is 0 Å². The van der Waals surface area contributed by atoms with Crippen molar-refractivity contribution in [2.45, 2.75) is 38.1 Å². The van der Waals surface area contributed by atoms with Gasteiger partial charge in [-0.15, -0.1) is 0 Å². The topological polar surface area (TPSA) is 32.0 Å². The maximum absolute atomic E-state index is 9.79. The molecule has 3 nitrogen and oxygen atoms in total. The molecule has 3 aliphatic carbocycles. The van der Waals surface area contributed by atoms with Gasteiger partial charge < -0.3 is 9.47 Å². The molecule has 5 unspecified atom stereocenters. The van der Waals surface area contributed by atoms with Crippen molar-refractivity contribution in [1.82, 2.24) is 4.57 Å². The Morgan fingerprint density at radius 3 is 2.15 bits per heavy atom. The third-order valence-corrected chi connectivity index (χ3v) is 13.3. The maximum Gasteiger partial charge on any atom is 0.0992 e. The van der Waals surface area contributed by atoms with E-state index < -0.39 is 0 Å². The average Bonchev–Trinajstić information content (AvgIpc) is 3.81. The van der Waals surface area contributed by atoms with E-state index in [4.69, 9.17) is 0 Å². The highest BCUT2D eigenvalue weighted by atomic mass is 15.2. The summed E-state index contributed by atoms with van der Waals surface area (Å²) in [6, 6.07) is 53.1. The van der Waals surface area contributed by atoms with Crippen molar-refractivity contribution in [2.75, 3.05) is 4.90 Å². The van der Waals surface area contributed by atoms with Crippen LogP contribution in [-0.4, -0.2) is 10.6 Å². The molecule has 0 N–H and O–H groups in total. The standard InChI is InChI=1S/C57H45N3/c1-37-12-9-10-19-48(37)44-23-28-56-52(34-44)53-35-45(24-29-57(53)60(56)47-18-11-13-39(31-47)36-58)49-25-20-41(30-38(49)2)43-22-27-55-51(33-43)50-32-42(40-14-5-3-6-15-40)21-26-54(50)59(55)46-16-7-4-8-17-46/h3-11,13-35,37-38,49,51,55H,12H2,1-2H3. The first-order valence-electron chi connectivity index (χ1n) is 21.3. The maximum atomic E-state index is 9.79. The van der Waals surface area contributed by atoms with Gasteiger partial charge in [-0.05, 0) is 130 Å². The fourth-order valence-corrected chi connectivity index (χ4v) is 10.3. The van der Waals surface area contributed by atoms with Crippen LogP contribution in [0.15, 0.2) is 205 Å². The van der Waals surface area contributed by atoms with Crippen LogP contribution in [0.1, 0.15) is 54.4 Å². The second-order valence-corrected chi connectivity index (χ2v) is 16.9. The molecule has 60 heavy (non-hydrogen) atoms. The molecule has 0 saturated heterocycles. The highest BCUT2D eigenvalue weighted by Crippen LogP contribution is 2.50. The van der Waals surface area contributed by atoms with Crippen LogP contribution >= 0.6 is 0 Å². The van der Waals surface area contributed by atoms with Crippen LogP contribution in [0.2, 0.25) is 0 Å². The summed E-state index contributed by atoms with van der Waals surface area (Å²) in [7, 11) is 0. The van der Waals surface area contributed by atoms with E-state index in [1.165, 1.54) is 66.7 Å². The van der Waals surface area contributed by atoms with E-state index in [1.807, 2.05) is 18.2 Å². The van der Waals surface area contributed by atoms with Gasteiger partial charge in [0, 0.05) is 39.7 Å². The van der Waals surface area contributed by atoms with E-state index >= 15 is 0 Å². The summed E-state index contributed by atoms with van der Waals surface area (Å²) in [4.78, 5) is 2.52. The molecule has 288 valence electrons. The predicted molar refractivity (Wildman–Crippen MR) is 250 cm³/mol. The van der Waals surface area contributed by atoms with E-state index in [1.54, 1.807) is 0 Å². The number of allylic oxidation sites excluding steroid dienone is 10. The molecule has 3 heteroatoms. The van der Waals surface area contributed by atoms with Crippen molar-refractivity contribution in [1.29, 1.82) is 5.26 Å². The lowest BCUT2D eigenvalue weighted by molar-refractivity contribution is 0.631. The number of rotatable bonds is 6. The van der Waals surface area contributed by atoms with Gasteiger partial charge >= 0.3 is 0 Å². The van der Waals surface area contributed by atoms with Crippen molar-refractivity contribution < 1.29 is 0 Å². The summed E-state index contributed by atoms with van der Waals surface area (Å²) >= 11 is 0. The Bertz CT molecular complexity index is 3070. The number of hydrogen-bond donors (Lipinski definition) is 0. The molecule has 6 aromatic carbocycles. The number of anilines is 2. The molecule has 0 spiro atoms. The molecular weight excluding hydrogens is 727 g/mol. The molecule has 1 aliphatic heterocycles. The number of hydrogen-bond acceptors (Lipinski definition) is 2. The van der Waals surface area contributed by atoms with Crippen LogP contribution in [0.25, 0.3) is 44.2 Å². The first-order chi connectivity index (χ1) is 29.5. The molecule has 4 aliphatic rings. The van der Waals surface area contributed by atoms with Crippen molar-refractivity contribution in [2.24, 2.45) is 11.8 Å². The van der Waals surface area contributed by atoms with E-state index in [2.05, 4.69) is 205 Å². The van der Waals surface area contributed by atoms with Gasteiger partial charge in [-0.25, -0.2) is 0 Å². The van der Waals surface area contributed by atoms with E-state index in [0.717, 1.165) is 23.1 Å². The molecule has 0 amide bonds. The van der Waals surface area contributed by atoms with Gasteiger partial charge in [0.25, 0.3) is 0 Å².